The van der Waals surface area contributed by atoms with Crippen molar-refractivity contribution in [2.24, 2.45) is 0 Å². The normalized spacial score (nSPS) is 18.5. The van der Waals surface area contributed by atoms with Crippen molar-refractivity contribution in [3.63, 3.8) is 0 Å². The Balaban J connectivity index is 1.60. The number of H-pyrrole nitrogens is 1. The molecule has 0 spiro atoms. The van der Waals surface area contributed by atoms with Crippen molar-refractivity contribution < 1.29 is 17.6 Å². The average molecular weight is 523 g/mol. The van der Waals surface area contributed by atoms with Crippen LogP contribution in [0.2, 0.25) is 0 Å². The van der Waals surface area contributed by atoms with Crippen molar-refractivity contribution in [1.82, 2.24) is 29.8 Å². The van der Waals surface area contributed by atoms with E-state index >= 15 is 0 Å². The van der Waals surface area contributed by atoms with Crippen LogP contribution in [0.5, 0.6) is 0 Å². The van der Waals surface area contributed by atoms with Gasteiger partial charge in [-0.1, -0.05) is 12.5 Å². The summed E-state index contributed by atoms with van der Waals surface area (Å²) in [6, 6.07) is 2.83. The van der Waals surface area contributed by atoms with Crippen LogP contribution in [0.4, 0.5) is 29.1 Å². The molecule has 1 saturated heterocycles. The molecule has 2 unspecified atom stereocenters. The third-order valence-corrected chi connectivity index (χ3v) is 6.55. The lowest BCUT2D eigenvalue weighted by Gasteiger charge is -2.33. The van der Waals surface area contributed by atoms with Crippen LogP contribution >= 0.6 is 11.8 Å². The molecule has 4 rings (SSSR count). The minimum Gasteiger partial charge on any atom is -0.388 e. The number of imidazole rings is 1. The van der Waals surface area contributed by atoms with E-state index in [1.165, 1.54) is 10.6 Å². The summed E-state index contributed by atoms with van der Waals surface area (Å²) in [5, 5.41) is 15.7. The molecule has 0 aliphatic carbocycles. The Labute approximate surface area is 209 Å². The summed E-state index contributed by atoms with van der Waals surface area (Å²) in [5.74, 6) is 6.15. The van der Waals surface area contributed by atoms with E-state index < -0.39 is 17.7 Å². The lowest BCUT2D eigenvalue weighted by molar-refractivity contribution is -0.0329. The molecule has 1 fully saturated rings. The number of piperidine rings is 1. The Hall–Kier alpha value is -3.37. The molecule has 3 aromatic heterocycles. The van der Waals surface area contributed by atoms with Crippen LogP contribution in [0.25, 0.3) is 11.3 Å². The molecule has 2 atom stereocenters. The Morgan fingerprint density at radius 3 is 2.92 bits per heavy atom. The zero-order valence-corrected chi connectivity index (χ0v) is 20.5. The van der Waals surface area contributed by atoms with Gasteiger partial charge in [0.05, 0.1) is 30.0 Å². The monoisotopic (exact) mass is 522 g/mol. The van der Waals surface area contributed by atoms with Crippen molar-refractivity contribution in [3.8, 4) is 11.8 Å². The van der Waals surface area contributed by atoms with Gasteiger partial charge in [-0.15, -0.1) is 0 Å². The fraction of sp³-hybridized carbons (Fsp3) is 0.391. The van der Waals surface area contributed by atoms with E-state index in [1.807, 2.05) is 11.9 Å². The molecule has 0 bridgehead atoms. The molecule has 0 aromatic carbocycles. The second-order valence-corrected chi connectivity index (χ2v) is 9.34. The summed E-state index contributed by atoms with van der Waals surface area (Å²) in [4.78, 5) is 6.30. The largest absolute Gasteiger partial charge is 0.447 e. The van der Waals surface area contributed by atoms with Gasteiger partial charge in [0.2, 0.25) is 0 Å². The summed E-state index contributed by atoms with van der Waals surface area (Å²) in [7, 11) is 3.58. The Bertz CT molecular complexity index is 1290. The minimum atomic E-state index is -4.54. The number of halogens is 4. The first-order chi connectivity index (χ1) is 17.2. The second kappa shape index (κ2) is 10.7. The highest BCUT2D eigenvalue weighted by atomic mass is 32.2. The zero-order chi connectivity index (χ0) is 25.9. The maximum Gasteiger partial charge on any atom is 0.447 e. The third-order valence-electron chi connectivity index (χ3n) is 5.73. The van der Waals surface area contributed by atoms with Gasteiger partial charge >= 0.3 is 5.51 Å². The first kappa shape index (κ1) is 25.7. The summed E-state index contributed by atoms with van der Waals surface area (Å²) in [6.07, 6.45) is 2.54. The number of likely N-dealkylation sites (tertiary alicyclic amines) is 1. The molecule has 4 heterocycles. The number of rotatable bonds is 7. The number of nitrogens with zero attached hydrogens (tertiary/aromatic N) is 4. The zero-order valence-electron chi connectivity index (χ0n) is 19.7. The van der Waals surface area contributed by atoms with Crippen molar-refractivity contribution >= 4 is 34.6 Å². The summed E-state index contributed by atoms with van der Waals surface area (Å²) in [5.41, 5.74) is -2.48. The number of fused-ring (bicyclic) bond motifs is 1. The Morgan fingerprint density at radius 1 is 1.39 bits per heavy atom. The highest BCUT2D eigenvalue weighted by molar-refractivity contribution is 8.00. The topological polar surface area (TPSA) is 85.3 Å². The fourth-order valence-corrected chi connectivity index (χ4v) is 4.57. The molecular weight excluding hydrogens is 496 g/mol. The van der Waals surface area contributed by atoms with E-state index in [4.69, 9.17) is 0 Å². The number of aromatic amines is 1. The molecule has 36 heavy (non-hydrogen) atoms. The van der Waals surface area contributed by atoms with Gasteiger partial charge in [-0.3, -0.25) is 9.50 Å². The second-order valence-electron chi connectivity index (χ2n) is 8.29. The van der Waals surface area contributed by atoms with Crippen LogP contribution in [-0.2, 0) is 0 Å². The van der Waals surface area contributed by atoms with Crippen molar-refractivity contribution in [1.29, 1.82) is 0 Å². The number of pyridine rings is 1. The fourth-order valence-electron chi connectivity index (χ4n) is 3.91. The van der Waals surface area contributed by atoms with Gasteiger partial charge in [0.15, 0.2) is 5.65 Å². The van der Waals surface area contributed by atoms with Gasteiger partial charge in [-0.2, -0.15) is 18.3 Å². The molecule has 8 nitrogen and oxygen atoms in total. The first-order valence-corrected chi connectivity index (χ1v) is 12.0. The number of anilines is 2. The number of thioether (sulfide) groups is 1. The van der Waals surface area contributed by atoms with E-state index in [9.17, 15) is 17.6 Å². The van der Waals surface area contributed by atoms with Crippen LogP contribution in [0.3, 0.4) is 0 Å². The van der Waals surface area contributed by atoms with Gasteiger partial charge in [0, 0.05) is 43.8 Å². The number of alkyl halides is 4. The predicted molar refractivity (Wildman–Crippen MR) is 134 cm³/mol. The molecule has 0 radical (unpaired) electrons. The van der Waals surface area contributed by atoms with E-state index in [0.29, 0.717) is 30.2 Å². The third kappa shape index (κ3) is 5.88. The number of hydrogen-bond donors (Lipinski definition) is 4. The quantitative estimate of drug-likeness (QED) is 0.214. The summed E-state index contributed by atoms with van der Waals surface area (Å²) < 4.78 is 56.1. The molecule has 3 aromatic rings. The molecule has 1 aliphatic rings. The molecule has 1 aliphatic heterocycles. The van der Waals surface area contributed by atoms with Crippen LogP contribution in [0.15, 0.2) is 36.1 Å². The van der Waals surface area contributed by atoms with Gasteiger partial charge in [-0.25, -0.2) is 9.37 Å². The molecule has 13 heteroatoms. The lowest BCUT2D eigenvalue weighted by atomic mass is 10.0. The maximum absolute atomic E-state index is 14.6. The highest BCUT2D eigenvalue weighted by Crippen LogP contribution is 2.39. The number of hydrogen-bond acceptors (Lipinski definition) is 7. The number of nitrogens with one attached hydrogen (secondary N) is 4. The molecular formula is C23H26F4N8S. The van der Waals surface area contributed by atoms with E-state index in [1.54, 1.807) is 25.4 Å². The minimum absolute atomic E-state index is 0.0157. The molecule has 0 saturated carbocycles. The van der Waals surface area contributed by atoms with Gasteiger partial charge in [-0.05, 0) is 31.5 Å². The maximum atomic E-state index is 14.6. The van der Waals surface area contributed by atoms with Crippen LogP contribution in [-0.4, -0.2) is 75.9 Å². The first-order valence-electron chi connectivity index (χ1n) is 11.2. The highest BCUT2D eigenvalue weighted by Gasteiger charge is 2.33. The summed E-state index contributed by atoms with van der Waals surface area (Å²) >= 11 is -0.283. The van der Waals surface area contributed by atoms with E-state index in [0.717, 1.165) is 5.56 Å². The SMILES string of the molecule is C=C(NC)c1cn[nH]c1NCC#Cc1nc2c(NC3CCN(C)CC3F)cccn2c1SC(F)(F)F. The van der Waals surface area contributed by atoms with Crippen molar-refractivity contribution in [3.05, 3.63) is 42.4 Å². The van der Waals surface area contributed by atoms with Crippen molar-refractivity contribution in [2.45, 2.75) is 29.2 Å². The van der Waals surface area contributed by atoms with Gasteiger partial charge in [0.1, 0.15) is 22.7 Å². The van der Waals surface area contributed by atoms with Crippen molar-refractivity contribution in [2.75, 3.05) is 44.4 Å². The smallest absolute Gasteiger partial charge is 0.388 e. The standard InChI is InChI=1S/C23H26F4N8S/c1-14(28-2)15-12-30-33-20(15)29-9-4-6-19-22(36-23(25,26)27)35-10-5-7-18(21(35)32-19)31-17-8-11-34(3)13-16(17)24/h5,7,10,12,16-17,28,31H,1,8-9,11,13H2,2-3H3,(H2,29,30,33). The molecule has 0 amide bonds. The van der Waals surface area contributed by atoms with E-state index in [-0.39, 0.29) is 41.2 Å². The van der Waals surface area contributed by atoms with Crippen LogP contribution in [0.1, 0.15) is 17.7 Å². The number of aromatic nitrogens is 4. The Kier molecular flexibility index (Phi) is 7.65. The molecule has 192 valence electrons. The Morgan fingerprint density at radius 2 is 2.19 bits per heavy atom. The van der Waals surface area contributed by atoms with Gasteiger partial charge < -0.3 is 20.9 Å². The van der Waals surface area contributed by atoms with Gasteiger partial charge in [0.25, 0.3) is 0 Å². The lowest BCUT2D eigenvalue weighted by Crippen LogP contribution is -2.46. The predicted octanol–water partition coefficient (Wildman–Crippen LogP) is 3.78. The average Bonchev–Trinajstić information content (AvgIpc) is 3.42. The van der Waals surface area contributed by atoms with Crippen LogP contribution in [0, 0.1) is 11.8 Å². The van der Waals surface area contributed by atoms with E-state index in [2.05, 4.69) is 49.6 Å². The molecule has 4 N–H and O–H groups in total. The van der Waals surface area contributed by atoms with Crippen LogP contribution < -0.4 is 16.0 Å². The summed E-state index contributed by atoms with van der Waals surface area (Å²) in [6.45, 7) is 5.01.